The molecule has 0 aliphatic heterocycles. The Morgan fingerprint density at radius 1 is 1.09 bits per heavy atom. The first kappa shape index (κ1) is 24.0. The number of hydrogen-bond acceptors (Lipinski definition) is 6. The van der Waals surface area contributed by atoms with Crippen molar-refractivity contribution < 1.29 is 22.7 Å². The Balaban J connectivity index is 1.76. The average molecular weight is 490 g/mol. The van der Waals surface area contributed by atoms with Crippen LogP contribution in [0.2, 0.25) is 5.02 Å². The Bertz CT molecular complexity index is 1330. The maximum atomic E-state index is 13.2. The molecule has 1 amide bonds. The first-order valence-corrected chi connectivity index (χ1v) is 11.6. The number of rotatable bonds is 8. The number of hydrogen-bond donors (Lipinski definition) is 2. The maximum Gasteiger partial charge on any atom is 0.344 e. The van der Waals surface area contributed by atoms with E-state index in [4.69, 9.17) is 16.3 Å². The Morgan fingerprint density at radius 2 is 1.82 bits per heavy atom. The molecular formula is C22H20ClN3O6S. The highest BCUT2D eigenvalue weighted by Gasteiger charge is 2.25. The number of carbonyl (C=O) groups is 2. The number of sulfonamides is 1. The normalized spacial score (nSPS) is 11.0. The Kier molecular flexibility index (Phi) is 7.52. The van der Waals surface area contributed by atoms with Gasteiger partial charge in [-0.2, -0.15) is 0 Å². The summed E-state index contributed by atoms with van der Waals surface area (Å²) in [5.41, 5.74) is -0.386. The van der Waals surface area contributed by atoms with Gasteiger partial charge in [0.25, 0.3) is 21.5 Å². The molecule has 9 nitrogen and oxygen atoms in total. The van der Waals surface area contributed by atoms with Gasteiger partial charge in [-0.05, 0) is 49.4 Å². The fraction of sp³-hybridized carbons (Fsp3) is 0.136. The molecule has 3 aromatic rings. The van der Waals surface area contributed by atoms with E-state index in [2.05, 4.69) is 10.3 Å². The average Bonchev–Trinajstić information content (AvgIpc) is 2.80. The highest BCUT2D eigenvalue weighted by atomic mass is 35.5. The third kappa shape index (κ3) is 5.60. The van der Waals surface area contributed by atoms with Gasteiger partial charge in [-0.1, -0.05) is 29.8 Å². The van der Waals surface area contributed by atoms with Crippen LogP contribution in [0.3, 0.4) is 0 Å². The van der Waals surface area contributed by atoms with Crippen LogP contribution in [-0.4, -0.2) is 38.4 Å². The largest absolute Gasteiger partial charge is 0.452 e. The molecule has 0 bridgehead atoms. The molecule has 0 aliphatic carbocycles. The molecular weight excluding hydrogens is 470 g/mol. The highest BCUT2D eigenvalue weighted by Crippen LogP contribution is 2.29. The van der Waals surface area contributed by atoms with E-state index < -0.39 is 34.1 Å². The number of aromatic nitrogens is 1. The fourth-order valence-electron chi connectivity index (χ4n) is 2.95. The lowest BCUT2D eigenvalue weighted by molar-refractivity contribution is -0.119. The van der Waals surface area contributed by atoms with E-state index in [9.17, 15) is 22.8 Å². The molecule has 3 rings (SSSR count). The summed E-state index contributed by atoms with van der Waals surface area (Å²) >= 11 is 6.12. The second-order valence-corrected chi connectivity index (χ2v) is 8.95. The topological polar surface area (TPSA) is 126 Å². The lowest BCUT2D eigenvalue weighted by Gasteiger charge is -2.23. The minimum atomic E-state index is -3.95. The molecule has 0 radical (unpaired) electrons. The van der Waals surface area contributed by atoms with Crippen molar-refractivity contribution in [1.82, 2.24) is 4.98 Å². The zero-order chi connectivity index (χ0) is 24.0. The van der Waals surface area contributed by atoms with Crippen LogP contribution in [-0.2, 0) is 19.6 Å². The highest BCUT2D eigenvalue weighted by molar-refractivity contribution is 7.92. The van der Waals surface area contributed by atoms with Crippen molar-refractivity contribution in [2.75, 3.05) is 22.8 Å². The number of nitrogens with one attached hydrogen (secondary N) is 2. The van der Waals surface area contributed by atoms with E-state index >= 15 is 0 Å². The number of halogens is 1. The van der Waals surface area contributed by atoms with Crippen LogP contribution in [0.5, 0.6) is 0 Å². The van der Waals surface area contributed by atoms with Crippen LogP contribution in [0.4, 0.5) is 11.4 Å². The van der Waals surface area contributed by atoms with Crippen molar-refractivity contribution in [1.29, 1.82) is 0 Å². The number of ether oxygens (including phenoxy) is 1. The molecule has 0 saturated carbocycles. The summed E-state index contributed by atoms with van der Waals surface area (Å²) in [6, 6.07) is 15.2. The standard InChI is InChI=1S/C22H20ClN3O6S/c1-2-26(15-7-4-3-5-8-15)33(30,31)16-10-11-18(23)19(13-16)25-20(27)14-32-22(29)17-9-6-12-24-21(17)28/h3-13H,2,14H2,1H3,(H,24,28)(H,25,27). The molecule has 1 heterocycles. The van der Waals surface area contributed by atoms with E-state index in [1.165, 1.54) is 40.8 Å². The quantitative estimate of drug-likeness (QED) is 0.468. The van der Waals surface area contributed by atoms with Crippen molar-refractivity contribution in [2.45, 2.75) is 11.8 Å². The van der Waals surface area contributed by atoms with Crippen LogP contribution in [0.15, 0.2) is 76.6 Å². The first-order valence-electron chi connectivity index (χ1n) is 9.76. The number of nitrogens with zero attached hydrogens (tertiary/aromatic N) is 1. The number of esters is 1. The van der Waals surface area contributed by atoms with Crippen LogP contribution >= 0.6 is 11.6 Å². The number of para-hydroxylation sites is 1. The molecule has 0 atom stereocenters. The van der Waals surface area contributed by atoms with Crippen molar-refractivity contribution in [3.05, 3.63) is 87.8 Å². The number of anilines is 2. The zero-order valence-corrected chi connectivity index (χ0v) is 19.0. The summed E-state index contributed by atoms with van der Waals surface area (Å²) < 4.78 is 32.4. The van der Waals surface area contributed by atoms with E-state index in [0.29, 0.717) is 5.69 Å². The number of H-pyrrole nitrogens is 1. The van der Waals surface area contributed by atoms with Crippen molar-refractivity contribution in [2.24, 2.45) is 0 Å². The van der Waals surface area contributed by atoms with Crippen LogP contribution in [0, 0.1) is 0 Å². The molecule has 0 saturated heterocycles. The molecule has 0 fully saturated rings. The second-order valence-electron chi connectivity index (χ2n) is 6.68. The van der Waals surface area contributed by atoms with E-state index in [0.717, 1.165) is 0 Å². The predicted molar refractivity (Wildman–Crippen MR) is 124 cm³/mol. The smallest absolute Gasteiger partial charge is 0.344 e. The third-order valence-corrected chi connectivity index (χ3v) is 6.73. The summed E-state index contributed by atoms with van der Waals surface area (Å²) in [6.07, 6.45) is 1.35. The Morgan fingerprint density at radius 3 is 2.48 bits per heavy atom. The number of carbonyl (C=O) groups excluding carboxylic acids is 2. The van der Waals surface area contributed by atoms with Crippen molar-refractivity contribution in [3.63, 3.8) is 0 Å². The zero-order valence-electron chi connectivity index (χ0n) is 17.4. The van der Waals surface area contributed by atoms with Gasteiger partial charge < -0.3 is 15.0 Å². The maximum absolute atomic E-state index is 13.2. The van der Waals surface area contributed by atoms with Gasteiger partial charge in [0.15, 0.2) is 6.61 Å². The molecule has 172 valence electrons. The van der Waals surface area contributed by atoms with Gasteiger partial charge in [0, 0.05) is 12.7 Å². The van der Waals surface area contributed by atoms with Gasteiger partial charge in [-0.25, -0.2) is 13.2 Å². The summed E-state index contributed by atoms with van der Waals surface area (Å²) in [7, 11) is -3.95. The van der Waals surface area contributed by atoms with Crippen molar-refractivity contribution in [3.8, 4) is 0 Å². The number of pyridine rings is 1. The summed E-state index contributed by atoms with van der Waals surface area (Å²) in [5, 5.41) is 2.52. The minimum absolute atomic E-state index is 0.0282. The molecule has 2 N–H and O–H groups in total. The molecule has 2 aromatic carbocycles. The number of amides is 1. The molecule has 0 aliphatic rings. The molecule has 11 heteroatoms. The fourth-order valence-corrected chi connectivity index (χ4v) is 4.62. The third-order valence-electron chi connectivity index (χ3n) is 4.50. The van der Waals surface area contributed by atoms with Gasteiger partial charge in [0.1, 0.15) is 5.56 Å². The summed E-state index contributed by atoms with van der Waals surface area (Å²) in [4.78, 5) is 38.1. The van der Waals surface area contributed by atoms with Crippen molar-refractivity contribution >= 4 is 44.9 Å². The van der Waals surface area contributed by atoms with E-state index in [1.807, 2.05) is 0 Å². The Labute approximate surface area is 195 Å². The van der Waals surface area contributed by atoms with Crippen LogP contribution in [0.25, 0.3) is 0 Å². The molecule has 0 spiro atoms. The van der Waals surface area contributed by atoms with Gasteiger partial charge >= 0.3 is 5.97 Å². The lowest BCUT2D eigenvalue weighted by Crippen LogP contribution is -2.31. The summed E-state index contributed by atoms with van der Waals surface area (Å²) in [6.45, 7) is 1.19. The van der Waals surface area contributed by atoms with E-state index in [1.54, 1.807) is 37.3 Å². The first-order chi connectivity index (χ1) is 15.7. The molecule has 1 aromatic heterocycles. The SMILES string of the molecule is CCN(c1ccccc1)S(=O)(=O)c1ccc(Cl)c(NC(=O)COC(=O)c2ccc[nH]c2=O)c1. The van der Waals surface area contributed by atoms with Crippen LogP contribution < -0.4 is 15.2 Å². The number of benzene rings is 2. The summed E-state index contributed by atoms with van der Waals surface area (Å²) in [5.74, 6) is -1.74. The van der Waals surface area contributed by atoms with E-state index in [-0.39, 0.29) is 27.7 Å². The molecule has 33 heavy (non-hydrogen) atoms. The lowest BCUT2D eigenvalue weighted by atomic mass is 10.3. The van der Waals surface area contributed by atoms with Crippen LogP contribution in [0.1, 0.15) is 17.3 Å². The predicted octanol–water partition coefficient (Wildman–Crippen LogP) is 3.04. The number of aromatic amines is 1. The van der Waals surface area contributed by atoms with Gasteiger partial charge in [-0.3, -0.25) is 13.9 Å². The monoisotopic (exact) mass is 489 g/mol. The Hall–Kier alpha value is -3.63. The van der Waals surface area contributed by atoms with Gasteiger partial charge in [0.2, 0.25) is 0 Å². The second kappa shape index (κ2) is 10.3. The molecule has 0 unspecified atom stereocenters. The van der Waals surface area contributed by atoms with Gasteiger partial charge in [-0.15, -0.1) is 0 Å². The van der Waals surface area contributed by atoms with Gasteiger partial charge in [0.05, 0.1) is 21.3 Å². The minimum Gasteiger partial charge on any atom is -0.452 e.